The van der Waals surface area contributed by atoms with Gasteiger partial charge in [-0.05, 0) is 70.0 Å². The minimum Gasteiger partial charge on any atom is -0.465 e. The maximum atomic E-state index is 13.3. The van der Waals surface area contributed by atoms with Gasteiger partial charge in [-0.3, -0.25) is 4.79 Å². The van der Waals surface area contributed by atoms with E-state index in [1.165, 1.54) is 18.4 Å². The molecule has 0 radical (unpaired) electrons. The molecule has 0 fully saturated rings. The summed E-state index contributed by atoms with van der Waals surface area (Å²) in [5, 5.41) is 1.99. The van der Waals surface area contributed by atoms with Crippen molar-refractivity contribution in [3.63, 3.8) is 0 Å². The lowest BCUT2D eigenvalue weighted by atomic mass is 10.00. The fourth-order valence-corrected chi connectivity index (χ4v) is 7.37. The normalized spacial score (nSPS) is 11.8. The Morgan fingerprint density at radius 2 is 1.67 bits per heavy atom. The van der Waals surface area contributed by atoms with E-state index in [0.29, 0.717) is 4.88 Å². The molecule has 2 aromatic carbocycles. The van der Waals surface area contributed by atoms with Crippen LogP contribution in [0.1, 0.15) is 41.1 Å². The largest absolute Gasteiger partial charge is 0.465 e. The first kappa shape index (κ1) is 28.8. The van der Waals surface area contributed by atoms with Gasteiger partial charge < -0.3 is 14.0 Å². The Kier molecular flexibility index (Phi) is 7.40. The Labute approximate surface area is 257 Å². The van der Waals surface area contributed by atoms with Crippen molar-refractivity contribution in [2.75, 3.05) is 7.11 Å². The summed E-state index contributed by atoms with van der Waals surface area (Å²) in [6.07, 6.45) is 0. The third-order valence-corrected chi connectivity index (χ3v) is 9.21. The van der Waals surface area contributed by atoms with Crippen molar-refractivity contribution in [1.29, 1.82) is 0 Å². The summed E-state index contributed by atoms with van der Waals surface area (Å²) >= 11 is 3.01. The second-order valence-corrected chi connectivity index (χ2v) is 13.6. The Balaban J connectivity index is 1.57. The van der Waals surface area contributed by atoms with Crippen LogP contribution in [0, 0.1) is 13.8 Å². The van der Waals surface area contributed by atoms with E-state index in [9.17, 15) is 9.59 Å². The number of ether oxygens (including phenoxy) is 2. The monoisotopic (exact) mass is 609 g/mol. The highest BCUT2D eigenvalue weighted by molar-refractivity contribution is 7.21. The molecule has 218 valence electrons. The van der Waals surface area contributed by atoms with Gasteiger partial charge in [-0.25, -0.2) is 14.8 Å². The number of fused-ring (bicyclic) bond motifs is 2. The molecule has 0 bridgehead atoms. The molecule has 7 nitrogen and oxygen atoms in total. The van der Waals surface area contributed by atoms with E-state index >= 15 is 0 Å². The van der Waals surface area contributed by atoms with Crippen molar-refractivity contribution < 1.29 is 19.1 Å². The lowest BCUT2D eigenvalue weighted by molar-refractivity contribution is -0.155. The highest BCUT2D eigenvalue weighted by Gasteiger charge is 2.27. The van der Waals surface area contributed by atoms with E-state index in [1.54, 1.807) is 17.4 Å². The van der Waals surface area contributed by atoms with E-state index in [2.05, 4.69) is 17.1 Å². The molecule has 4 aromatic heterocycles. The standard InChI is InChI=1S/C34H31N3O4S2/c1-19-31(42-20(2)35-19)25-15-12-22-16-23(13-14-24(22)36-25)30-29(21-10-8-7-9-11-21)32-26(17-27(43-32)33(39)40-6)37(30)18-28(38)41-34(3,4)5/h7-17H,18H2,1-6H3. The molecule has 0 unspecified atom stereocenters. The molecular formula is C34H31N3O4S2. The molecule has 0 N–H and O–H groups in total. The van der Waals surface area contributed by atoms with Crippen LogP contribution in [-0.2, 0) is 20.8 Å². The summed E-state index contributed by atoms with van der Waals surface area (Å²) in [5.74, 6) is -0.775. The maximum Gasteiger partial charge on any atom is 0.348 e. The van der Waals surface area contributed by atoms with E-state index in [-0.39, 0.29) is 12.5 Å². The van der Waals surface area contributed by atoms with Gasteiger partial charge in [0.2, 0.25) is 0 Å². The first-order chi connectivity index (χ1) is 20.5. The van der Waals surface area contributed by atoms with E-state index in [0.717, 1.165) is 64.8 Å². The third-order valence-electron chi connectivity index (χ3n) is 6.99. The number of esters is 2. The molecule has 0 amide bonds. The minimum atomic E-state index is -0.640. The van der Waals surface area contributed by atoms with Crippen LogP contribution in [-0.4, -0.2) is 39.2 Å². The molecule has 0 aliphatic heterocycles. The number of nitrogens with zero attached hydrogens (tertiary/aromatic N) is 3. The smallest absolute Gasteiger partial charge is 0.348 e. The van der Waals surface area contributed by atoms with Crippen LogP contribution in [0.4, 0.5) is 0 Å². The molecule has 0 saturated carbocycles. The van der Waals surface area contributed by atoms with Crippen molar-refractivity contribution >= 4 is 55.7 Å². The highest BCUT2D eigenvalue weighted by Crippen LogP contribution is 2.45. The van der Waals surface area contributed by atoms with Gasteiger partial charge >= 0.3 is 11.9 Å². The predicted octanol–water partition coefficient (Wildman–Crippen LogP) is 8.45. The summed E-state index contributed by atoms with van der Waals surface area (Å²) in [6, 6.07) is 22.1. The first-order valence-electron chi connectivity index (χ1n) is 13.9. The molecule has 6 aromatic rings. The van der Waals surface area contributed by atoms with Crippen LogP contribution in [0.2, 0.25) is 0 Å². The van der Waals surface area contributed by atoms with Crippen LogP contribution in [0.25, 0.3) is 54.1 Å². The average Bonchev–Trinajstić information content (AvgIpc) is 3.63. The number of rotatable bonds is 6. The zero-order valence-electron chi connectivity index (χ0n) is 24.8. The number of thiazole rings is 1. The Bertz CT molecular complexity index is 2010. The Morgan fingerprint density at radius 1 is 0.907 bits per heavy atom. The van der Waals surface area contributed by atoms with Crippen molar-refractivity contribution in [2.45, 2.75) is 46.8 Å². The van der Waals surface area contributed by atoms with E-state index in [1.807, 2.05) is 87.7 Å². The predicted molar refractivity (Wildman–Crippen MR) is 174 cm³/mol. The fraction of sp³-hybridized carbons (Fsp3) is 0.235. The number of hydrogen-bond acceptors (Lipinski definition) is 8. The first-order valence-corrected chi connectivity index (χ1v) is 15.5. The number of carbonyl (C=O) groups is 2. The van der Waals surface area contributed by atoms with Gasteiger partial charge in [0.25, 0.3) is 0 Å². The zero-order valence-corrected chi connectivity index (χ0v) is 26.5. The second kappa shape index (κ2) is 11.1. The summed E-state index contributed by atoms with van der Waals surface area (Å²) in [5.41, 5.74) is 6.60. The average molecular weight is 610 g/mol. The van der Waals surface area contributed by atoms with Crippen LogP contribution in [0.5, 0.6) is 0 Å². The van der Waals surface area contributed by atoms with Gasteiger partial charge in [0.1, 0.15) is 17.0 Å². The Morgan fingerprint density at radius 3 is 2.35 bits per heavy atom. The number of methoxy groups -OCH3 is 1. The van der Waals surface area contributed by atoms with Gasteiger partial charge in [-0.2, -0.15) is 0 Å². The number of pyridine rings is 1. The summed E-state index contributed by atoms with van der Waals surface area (Å²) in [6.45, 7) is 9.55. The molecule has 0 atom stereocenters. The second-order valence-electron chi connectivity index (χ2n) is 11.3. The minimum absolute atomic E-state index is 0.0213. The molecule has 4 heterocycles. The fourth-order valence-electron chi connectivity index (χ4n) is 5.33. The van der Waals surface area contributed by atoms with Crippen molar-refractivity contribution in [2.24, 2.45) is 0 Å². The van der Waals surface area contributed by atoms with Crippen molar-refractivity contribution in [1.82, 2.24) is 14.5 Å². The third kappa shape index (κ3) is 5.58. The lowest BCUT2D eigenvalue weighted by Gasteiger charge is -2.21. The molecule has 0 saturated heterocycles. The number of aromatic nitrogens is 3. The SMILES string of the molecule is COC(=O)c1cc2c(s1)c(-c1ccccc1)c(-c1ccc3nc(-c4sc(C)nc4C)ccc3c1)n2CC(=O)OC(C)(C)C. The van der Waals surface area contributed by atoms with Crippen molar-refractivity contribution in [3.05, 3.63) is 82.3 Å². The molecule has 0 spiro atoms. The number of benzene rings is 2. The van der Waals surface area contributed by atoms with Gasteiger partial charge in [0.05, 0.1) is 49.8 Å². The van der Waals surface area contributed by atoms with Crippen LogP contribution in [0.15, 0.2) is 66.7 Å². The molecular weight excluding hydrogens is 579 g/mol. The van der Waals surface area contributed by atoms with Gasteiger partial charge in [0, 0.05) is 10.9 Å². The maximum absolute atomic E-state index is 13.3. The summed E-state index contributed by atoms with van der Waals surface area (Å²) in [4.78, 5) is 36.9. The number of aryl methyl sites for hydroxylation is 2. The highest BCUT2D eigenvalue weighted by atomic mass is 32.1. The zero-order chi connectivity index (χ0) is 30.5. The van der Waals surface area contributed by atoms with Gasteiger partial charge in [-0.15, -0.1) is 22.7 Å². The topological polar surface area (TPSA) is 83.3 Å². The number of hydrogen-bond donors (Lipinski definition) is 0. The summed E-state index contributed by atoms with van der Waals surface area (Å²) in [7, 11) is 1.37. The molecule has 43 heavy (non-hydrogen) atoms. The van der Waals surface area contributed by atoms with E-state index < -0.39 is 11.6 Å². The van der Waals surface area contributed by atoms with Crippen LogP contribution in [0.3, 0.4) is 0 Å². The van der Waals surface area contributed by atoms with Crippen molar-refractivity contribution in [3.8, 4) is 33.0 Å². The molecule has 0 aliphatic carbocycles. The quantitative estimate of drug-likeness (QED) is 0.176. The Hall–Kier alpha value is -4.34. The van der Waals surface area contributed by atoms with Crippen LogP contribution >= 0.6 is 22.7 Å². The lowest BCUT2D eigenvalue weighted by Crippen LogP contribution is -2.26. The van der Waals surface area contributed by atoms with E-state index in [4.69, 9.17) is 14.5 Å². The van der Waals surface area contributed by atoms with Crippen LogP contribution < -0.4 is 0 Å². The number of thiophene rings is 1. The summed E-state index contributed by atoms with van der Waals surface area (Å²) < 4.78 is 13.6. The van der Waals surface area contributed by atoms with Gasteiger partial charge in [-0.1, -0.05) is 42.5 Å². The van der Waals surface area contributed by atoms with Gasteiger partial charge in [0.15, 0.2) is 0 Å². The molecule has 0 aliphatic rings. The molecule has 6 rings (SSSR count). The number of carbonyl (C=O) groups excluding carboxylic acids is 2. The molecule has 9 heteroatoms.